The lowest BCUT2D eigenvalue weighted by molar-refractivity contribution is -0.0660. The smallest absolute Gasteiger partial charge is 0.425 e. The fourth-order valence-electron chi connectivity index (χ4n) is 5.32. The summed E-state index contributed by atoms with van der Waals surface area (Å²) in [4.78, 5) is 62.3. The molecule has 2 aliphatic rings. The molecular weight excluding hydrogens is 646 g/mol. The van der Waals surface area contributed by atoms with E-state index >= 15 is 0 Å². The second kappa shape index (κ2) is 13.9. The van der Waals surface area contributed by atoms with Gasteiger partial charge in [0.05, 0.1) is 31.6 Å². The van der Waals surface area contributed by atoms with Crippen LogP contribution in [0.1, 0.15) is 41.5 Å². The molecule has 0 spiro atoms. The standard InChI is InChI=1S/C34H41N9O7/c1-33(2,3)49-31(45)43(32(46)50-34(4,5)6)27-18-35-17-25(38-27)26-19-42-12-11-36-28(42)29(39-26)48-30(44)37-22-7-9-23(10-8-22)40-13-15-41(16-14-40)24-20-47-21-24/h7-12,17-19,24H,13-16,20-21H2,1-6H3,(H,37,44). The van der Waals surface area contributed by atoms with Gasteiger partial charge in [0.15, 0.2) is 5.82 Å². The monoisotopic (exact) mass is 687 g/mol. The van der Waals surface area contributed by atoms with E-state index in [1.165, 1.54) is 18.6 Å². The minimum atomic E-state index is -0.994. The fraction of sp³-hybridized carbons (Fsp3) is 0.441. The Hall–Kier alpha value is -5.35. The zero-order valence-corrected chi connectivity index (χ0v) is 29.0. The number of imide groups is 1. The van der Waals surface area contributed by atoms with Gasteiger partial charge in [-0.2, -0.15) is 4.90 Å². The lowest BCUT2D eigenvalue weighted by Crippen LogP contribution is -2.56. The Kier molecular flexibility index (Phi) is 9.58. The van der Waals surface area contributed by atoms with Crippen LogP contribution in [0.25, 0.3) is 17.0 Å². The van der Waals surface area contributed by atoms with Gasteiger partial charge >= 0.3 is 18.3 Å². The maximum Gasteiger partial charge on any atom is 0.425 e. The molecule has 0 bridgehead atoms. The van der Waals surface area contributed by atoms with Crippen LogP contribution >= 0.6 is 0 Å². The van der Waals surface area contributed by atoms with E-state index in [0.717, 1.165) is 45.1 Å². The van der Waals surface area contributed by atoms with Crippen LogP contribution in [0.3, 0.4) is 0 Å². The van der Waals surface area contributed by atoms with Crippen LogP contribution in [0.15, 0.2) is 55.2 Å². The third-order valence-corrected chi connectivity index (χ3v) is 7.73. The minimum Gasteiger partial charge on any atom is -0.443 e. The summed E-state index contributed by atoms with van der Waals surface area (Å²) in [5.74, 6) is -0.253. The normalized spacial score (nSPS) is 15.7. The van der Waals surface area contributed by atoms with Gasteiger partial charge in [-0.1, -0.05) is 0 Å². The third kappa shape index (κ3) is 8.26. The molecule has 50 heavy (non-hydrogen) atoms. The molecule has 0 atom stereocenters. The maximum absolute atomic E-state index is 13.2. The molecule has 5 heterocycles. The van der Waals surface area contributed by atoms with Crippen molar-refractivity contribution in [1.82, 2.24) is 29.2 Å². The Bertz CT molecular complexity index is 1830. The molecule has 16 nitrogen and oxygen atoms in total. The second-order valence-corrected chi connectivity index (χ2v) is 13.9. The van der Waals surface area contributed by atoms with E-state index in [0.29, 0.717) is 16.6 Å². The van der Waals surface area contributed by atoms with Crippen LogP contribution < -0.4 is 19.9 Å². The molecular formula is C34H41N9O7. The molecule has 0 saturated carbocycles. The number of ether oxygens (including phenoxy) is 4. The predicted molar refractivity (Wildman–Crippen MR) is 183 cm³/mol. The van der Waals surface area contributed by atoms with Crippen molar-refractivity contribution in [2.45, 2.75) is 58.8 Å². The second-order valence-electron chi connectivity index (χ2n) is 13.9. The number of anilines is 3. The van der Waals surface area contributed by atoms with E-state index in [1.54, 1.807) is 58.3 Å². The Morgan fingerprint density at radius 2 is 1.54 bits per heavy atom. The summed E-state index contributed by atoms with van der Waals surface area (Å²) in [6, 6.07) is 8.10. The van der Waals surface area contributed by atoms with Crippen LogP contribution in [-0.2, 0) is 14.2 Å². The lowest BCUT2D eigenvalue weighted by Gasteiger charge is -2.43. The van der Waals surface area contributed by atoms with Gasteiger partial charge in [-0.25, -0.2) is 29.3 Å². The van der Waals surface area contributed by atoms with Crippen LogP contribution in [0.4, 0.5) is 31.6 Å². The summed E-state index contributed by atoms with van der Waals surface area (Å²) in [5.41, 5.74) is 0.455. The Morgan fingerprint density at radius 3 is 2.14 bits per heavy atom. The van der Waals surface area contributed by atoms with Crippen LogP contribution in [0.5, 0.6) is 5.88 Å². The van der Waals surface area contributed by atoms with E-state index in [-0.39, 0.29) is 28.7 Å². The highest BCUT2D eigenvalue weighted by Gasteiger charge is 2.34. The highest BCUT2D eigenvalue weighted by Crippen LogP contribution is 2.27. The number of imidazole rings is 1. The van der Waals surface area contributed by atoms with Crippen molar-refractivity contribution in [3.8, 4) is 17.3 Å². The van der Waals surface area contributed by atoms with Crippen LogP contribution in [-0.4, -0.2) is 104 Å². The highest BCUT2D eigenvalue weighted by atomic mass is 16.6. The van der Waals surface area contributed by atoms with Crippen molar-refractivity contribution in [3.63, 3.8) is 0 Å². The van der Waals surface area contributed by atoms with Gasteiger partial charge in [0.2, 0.25) is 5.65 Å². The zero-order chi connectivity index (χ0) is 35.6. The number of fused-ring (bicyclic) bond motifs is 1. The maximum atomic E-state index is 13.2. The molecule has 16 heteroatoms. The molecule has 0 aliphatic carbocycles. The first-order valence-corrected chi connectivity index (χ1v) is 16.3. The number of amides is 3. The average molecular weight is 688 g/mol. The van der Waals surface area contributed by atoms with Crippen molar-refractivity contribution >= 4 is 41.1 Å². The number of hydrogen-bond acceptors (Lipinski definition) is 13. The summed E-state index contributed by atoms with van der Waals surface area (Å²) >= 11 is 0. The molecule has 0 unspecified atom stereocenters. The summed E-state index contributed by atoms with van der Waals surface area (Å²) in [6.07, 6.45) is 4.64. The van der Waals surface area contributed by atoms with E-state index in [4.69, 9.17) is 18.9 Å². The molecule has 6 rings (SSSR count). The summed E-state index contributed by atoms with van der Waals surface area (Å²) in [5, 5.41) is 2.74. The summed E-state index contributed by atoms with van der Waals surface area (Å²) in [7, 11) is 0. The Morgan fingerprint density at radius 1 is 0.880 bits per heavy atom. The van der Waals surface area contributed by atoms with Crippen molar-refractivity contribution in [2.75, 3.05) is 54.5 Å². The molecule has 4 aromatic rings. The SMILES string of the molecule is CC(C)(C)OC(=O)N(C(=O)OC(C)(C)C)c1cncc(-c2cn3ccnc3c(OC(=O)Nc3ccc(N4CCN(C5COC5)CC4)cc3)n2)n1. The lowest BCUT2D eigenvalue weighted by atomic mass is 10.1. The van der Waals surface area contributed by atoms with Gasteiger partial charge in [-0.05, 0) is 65.8 Å². The van der Waals surface area contributed by atoms with Crippen molar-refractivity contribution in [1.29, 1.82) is 0 Å². The van der Waals surface area contributed by atoms with Gasteiger partial charge in [0, 0.05) is 56.1 Å². The van der Waals surface area contributed by atoms with Crippen molar-refractivity contribution in [3.05, 3.63) is 55.2 Å². The topological polar surface area (TPSA) is 166 Å². The molecule has 3 amide bonds. The molecule has 1 N–H and O–H groups in total. The first-order valence-electron chi connectivity index (χ1n) is 16.3. The average Bonchev–Trinajstić information content (AvgIpc) is 3.49. The van der Waals surface area contributed by atoms with Crippen molar-refractivity contribution in [2.24, 2.45) is 0 Å². The van der Waals surface area contributed by atoms with E-state index in [2.05, 4.69) is 35.1 Å². The van der Waals surface area contributed by atoms with Gasteiger partial charge < -0.3 is 28.2 Å². The quantitative estimate of drug-likeness (QED) is 0.288. The highest BCUT2D eigenvalue weighted by molar-refractivity contribution is 6.08. The third-order valence-electron chi connectivity index (χ3n) is 7.73. The molecule has 0 radical (unpaired) electrons. The van der Waals surface area contributed by atoms with Gasteiger partial charge in [-0.15, -0.1) is 0 Å². The zero-order valence-electron chi connectivity index (χ0n) is 29.0. The Labute approximate surface area is 289 Å². The number of piperazine rings is 1. The van der Waals surface area contributed by atoms with E-state index < -0.39 is 29.5 Å². The van der Waals surface area contributed by atoms with Crippen LogP contribution in [0, 0.1) is 0 Å². The molecule has 264 valence electrons. The number of benzene rings is 1. The number of aromatic nitrogens is 5. The van der Waals surface area contributed by atoms with Gasteiger partial charge in [0.25, 0.3) is 5.88 Å². The number of carbonyl (C=O) groups excluding carboxylic acids is 3. The minimum absolute atomic E-state index is 0.0975. The Balaban J connectivity index is 1.18. The molecule has 2 fully saturated rings. The predicted octanol–water partition coefficient (Wildman–Crippen LogP) is 4.99. The number of hydrogen-bond donors (Lipinski definition) is 1. The molecule has 2 saturated heterocycles. The van der Waals surface area contributed by atoms with E-state index in [9.17, 15) is 14.4 Å². The number of nitrogens with one attached hydrogen (secondary N) is 1. The number of rotatable bonds is 6. The largest absolute Gasteiger partial charge is 0.443 e. The van der Waals surface area contributed by atoms with Crippen molar-refractivity contribution < 1.29 is 33.3 Å². The molecule has 2 aliphatic heterocycles. The first-order chi connectivity index (χ1) is 23.7. The summed E-state index contributed by atoms with van der Waals surface area (Å²) in [6.45, 7) is 15.5. The van der Waals surface area contributed by atoms with Gasteiger partial charge in [0.1, 0.15) is 22.6 Å². The first kappa shape index (κ1) is 34.5. The van der Waals surface area contributed by atoms with Crippen LogP contribution in [0.2, 0.25) is 0 Å². The van der Waals surface area contributed by atoms with Gasteiger partial charge in [-0.3, -0.25) is 15.2 Å². The number of carbonyl (C=O) groups is 3. The summed E-state index contributed by atoms with van der Waals surface area (Å²) < 4.78 is 23.5. The molecule has 3 aromatic heterocycles. The fourth-order valence-corrected chi connectivity index (χ4v) is 5.32. The molecule has 1 aromatic carbocycles. The number of nitrogens with zero attached hydrogens (tertiary/aromatic N) is 8. The van der Waals surface area contributed by atoms with E-state index in [1.807, 2.05) is 24.3 Å².